The van der Waals surface area contributed by atoms with Gasteiger partial charge in [-0.15, -0.1) is 0 Å². The van der Waals surface area contributed by atoms with Crippen molar-refractivity contribution in [2.75, 3.05) is 17.3 Å². The van der Waals surface area contributed by atoms with Crippen LogP contribution in [0.1, 0.15) is 50.1 Å². The Morgan fingerprint density at radius 3 is 2.65 bits per heavy atom. The van der Waals surface area contributed by atoms with Crippen LogP contribution in [0.5, 0.6) is 5.75 Å². The van der Waals surface area contributed by atoms with E-state index in [9.17, 15) is 16.8 Å². The summed E-state index contributed by atoms with van der Waals surface area (Å²) in [6, 6.07) is 7.26. The summed E-state index contributed by atoms with van der Waals surface area (Å²) in [5, 5.41) is 0. The van der Waals surface area contributed by atoms with Crippen molar-refractivity contribution >= 4 is 19.9 Å². The predicted molar refractivity (Wildman–Crippen MR) is 99.3 cm³/mol. The standard InChI is InChI=1S/C18H25NO5S2/c20-25(21)10-3-5-14(12-25)13-26(22,23)19-16-11-18(8-4-9-18)24-17-7-2-1-6-15(16)17/h1-2,6-7,14,16,19H,3-5,8-13H2. The zero-order chi connectivity index (χ0) is 18.4. The van der Waals surface area contributed by atoms with Crippen LogP contribution in [0.15, 0.2) is 24.3 Å². The third kappa shape index (κ3) is 3.77. The van der Waals surface area contributed by atoms with E-state index >= 15 is 0 Å². The van der Waals surface area contributed by atoms with Crippen LogP contribution < -0.4 is 9.46 Å². The first-order valence-corrected chi connectivity index (χ1v) is 12.7. The highest BCUT2D eigenvalue weighted by Gasteiger charge is 2.46. The van der Waals surface area contributed by atoms with Crippen LogP contribution in [-0.2, 0) is 19.9 Å². The maximum absolute atomic E-state index is 12.8. The number of ether oxygens (including phenoxy) is 1. The highest BCUT2D eigenvalue weighted by atomic mass is 32.2. The van der Waals surface area contributed by atoms with Gasteiger partial charge < -0.3 is 4.74 Å². The molecule has 2 heterocycles. The minimum Gasteiger partial charge on any atom is -0.487 e. The van der Waals surface area contributed by atoms with E-state index in [2.05, 4.69) is 4.72 Å². The molecule has 1 spiro atoms. The van der Waals surface area contributed by atoms with Crippen LogP contribution in [0.3, 0.4) is 0 Å². The summed E-state index contributed by atoms with van der Waals surface area (Å²) in [6.07, 6.45) is 4.81. The van der Waals surface area contributed by atoms with E-state index in [0.29, 0.717) is 19.3 Å². The smallest absolute Gasteiger partial charge is 0.212 e. The summed E-state index contributed by atoms with van der Waals surface area (Å²) in [4.78, 5) is 0. The normalized spacial score (nSPS) is 29.4. The fourth-order valence-electron chi connectivity index (χ4n) is 4.43. The number of sulfone groups is 1. The van der Waals surface area contributed by atoms with Crippen LogP contribution >= 0.6 is 0 Å². The Labute approximate surface area is 155 Å². The highest BCUT2D eigenvalue weighted by Crippen LogP contribution is 2.48. The monoisotopic (exact) mass is 399 g/mol. The zero-order valence-electron chi connectivity index (χ0n) is 14.7. The highest BCUT2D eigenvalue weighted by molar-refractivity contribution is 7.91. The van der Waals surface area contributed by atoms with Crippen molar-refractivity contribution in [1.82, 2.24) is 4.72 Å². The molecule has 3 aliphatic rings. The summed E-state index contributed by atoms with van der Waals surface area (Å²) in [5.41, 5.74) is 0.611. The van der Waals surface area contributed by atoms with E-state index in [1.165, 1.54) is 0 Å². The molecule has 2 atom stereocenters. The fourth-order valence-corrected chi connectivity index (χ4v) is 8.00. The molecule has 0 aromatic heterocycles. The zero-order valence-corrected chi connectivity index (χ0v) is 16.3. The third-order valence-electron chi connectivity index (χ3n) is 5.80. The van der Waals surface area contributed by atoms with Gasteiger partial charge in [-0.3, -0.25) is 0 Å². The van der Waals surface area contributed by atoms with Gasteiger partial charge in [0.2, 0.25) is 10.0 Å². The van der Waals surface area contributed by atoms with E-state index in [4.69, 9.17) is 4.74 Å². The van der Waals surface area contributed by atoms with Crippen molar-refractivity contribution in [3.05, 3.63) is 29.8 Å². The van der Waals surface area contributed by atoms with Gasteiger partial charge in [-0.25, -0.2) is 21.6 Å². The van der Waals surface area contributed by atoms with Crippen molar-refractivity contribution < 1.29 is 21.6 Å². The number of para-hydroxylation sites is 1. The molecule has 4 rings (SSSR count). The molecule has 0 amide bonds. The molecule has 6 nitrogen and oxygen atoms in total. The maximum Gasteiger partial charge on any atom is 0.212 e. The Morgan fingerprint density at radius 2 is 1.96 bits per heavy atom. The SMILES string of the molecule is O=S1(=O)CCCC(CS(=O)(=O)NC2CC3(CCC3)Oc3ccccc32)C1. The summed E-state index contributed by atoms with van der Waals surface area (Å²) >= 11 is 0. The molecule has 1 aromatic rings. The second-order valence-electron chi connectivity index (χ2n) is 7.96. The first kappa shape index (κ1) is 18.3. The molecule has 2 aliphatic heterocycles. The number of sulfonamides is 1. The largest absolute Gasteiger partial charge is 0.487 e. The van der Waals surface area contributed by atoms with Gasteiger partial charge in [-0.05, 0) is 44.1 Å². The topological polar surface area (TPSA) is 89.5 Å². The average molecular weight is 400 g/mol. The van der Waals surface area contributed by atoms with Crippen LogP contribution in [0, 0.1) is 5.92 Å². The summed E-state index contributed by atoms with van der Waals surface area (Å²) in [6.45, 7) is 0. The van der Waals surface area contributed by atoms with Crippen LogP contribution in [0.4, 0.5) is 0 Å². The molecule has 1 aliphatic carbocycles. The van der Waals surface area contributed by atoms with E-state index in [-0.39, 0.29) is 34.8 Å². The Hall–Kier alpha value is -1.12. The van der Waals surface area contributed by atoms with Gasteiger partial charge in [-0.2, -0.15) is 0 Å². The van der Waals surface area contributed by atoms with Gasteiger partial charge in [-0.1, -0.05) is 18.2 Å². The van der Waals surface area contributed by atoms with Gasteiger partial charge in [0, 0.05) is 12.0 Å². The Bertz CT molecular complexity index is 890. The van der Waals surface area contributed by atoms with E-state index in [1.54, 1.807) is 0 Å². The summed E-state index contributed by atoms with van der Waals surface area (Å²) < 4.78 is 58.1. The second kappa shape index (κ2) is 6.49. The lowest BCUT2D eigenvalue weighted by atomic mass is 9.73. The van der Waals surface area contributed by atoms with Crippen LogP contribution in [0.2, 0.25) is 0 Å². The quantitative estimate of drug-likeness (QED) is 0.838. The van der Waals surface area contributed by atoms with Crippen molar-refractivity contribution in [3.63, 3.8) is 0 Å². The van der Waals surface area contributed by atoms with E-state index in [0.717, 1.165) is 30.6 Å². The number of fused-ring (bicyclic) bond motifs is 1. The van der Waals surface area contributed by atoms with Crippen molar-refractivity contribution in [1.29, 1.82) is 0 Å². The molecule has 2 fully saturated rings. The van der Waals surface area contributed by atoms with Crippen molar-refractivity contribution in [3.8, 4) is 5.75 Å². The van der Waals surface area contributed by atoms with Crippen molar-refractivity contribution in [2.24, 2.45) is 5.92 Å². The number of nitrogens with one attached hydrogen (secondary N) is 1. The molecular weight excluding hydrogens is 374 g/mol. The fraction of sp³-hybridized carbons (Fsp3) is 0.667. The Kier molecular flexibility index (Phi) is 4.56. The lowest BCUT2D eigenvalue weighted by Gasteiger charge is -2.48. The second-order valence-corrected chi connectivity index (χ2v) is 12.0. The molecule has 144 valence electrons. The lowest BCUT2D eigenvalue weighted by Crippen LogP contribution is -2.50. The lowest BCUT2D eigenvalue weighted by molar-refractivity contribution is -0.0345. The average Bonchev–Trinajstić information content (AvgIpc) is 2.51. The van der Waals surface area contributed by atoms with Gasteiger partial charge in [0.25, 0.3) is 0 Å². The molecule has 26 heavy (non-hydrogen) atoms. The molecule has 0 bridgehead atoms. The summed E-state index contributed by atoms with van der Waals surface area (Å²) in [5.74, 6) is 0.457. The predicted octanol–water partition coefficient (Wildman–Crippen LogP) is 2.18. The maximum atomic E-state index is 12.8. The van der Waals surface area contributed by atoms with Gasteiger partial charge in [0.15, 0.2) is 9.84 Å². The number of rotatable bonds is 4. The Morgan fingerprint density at radius 1 is 1.19 bits per heavy atom. The molecule has 0 radical (unpaired) electrons. The minimum absolute atomic E-state index is 0.0256. The Balaban J connectivity index is 1.52. The molecule has 8 heteroatoms. The minimum atomic E-state index is -3.58. The third-order valence-corrected chi connectivity index (χ3v) is 9.24. The number of hydrogen-bond acceptors (Lipinski definition) is 5. The molecule has 2 unspecified atom stereocenters. The van der Waals surface area contributed by atoms with E-state index in [1.807, 2.05) is 24.3 Å². The molecule has 1 N–H and O–H groups in total. The van der Waals surface area contributed by atoms with E-state index < -0.39 is 19.9 Å². The summed E-state index contributed by atoms with van der Waals surface area (Å²) in [7, 11) is -6.69. The number of benzene rings is 1. The molecular formula is C18H25NO5S2. The van der Waals surface area contributed by atoms with Crippen molar-refractivity contribution in [2.45, 2.75) is 50.2 Å². The van der Waals surface area contributed by atoms with Gasteiger partial charge in [0.1, 0.15) is 11.4 Å². The molecule has 1 saturated carbocycles. The van der Waals surface area contributed by atoms with Crippen LogP contribution in [-0.4, -0.2) is 39.7 Å². The first-order valence-electron chi connectivity index (χ1n) is 9.24. The molecule has 1 aromatic carbocycles. The van der Waals surface area contributed by atoms with Gasteiger partial charge >= 0.3 is 0 Å². The first-order chi connectivity index (χ1) is 12.3. The number of hydrogen-bond donors (Lipinski definition) is 1. The van der Waals surface area contributed by atoms with Gasteiger partial charge in [0.05, 0.1) is 23.3 Å². The van der Waals surface area contributed by atoms with Crippen LogP contribution in [0.25, 0.3) is 0 Å². The molecule has 1 saturated heterocycles.